The van der Waals surface area contributed by atoms with Crippen LogP contribution in [0, 0.1) is 0 Å². The molecule has 0 N–H and O–H groups in total. The Kier molecular flexibility index (Phi) is 20.7. The van der Waals surface area contributed by atoms with Crippen LogP contribution >= 0.6 is 0 Å². The minimum absolute atomic E-state index is 0. The van der Waals surface area contributed by atoms with Crippen LogP contribution in [0.5, 0.6) is 0 Å². The van der Waals surface area contributed by atoms with Crippen molar-refractivity contribution in [3.8, 4) is 0 Å². The summed E-state index contributed by atoms with van der Waals surface area (Å²) in [5.74, 6) is 0. The van der Waals surface area contributed by atoms with E-state index < -0.39 is 0 Å². The molecule has 0 amide bonds. The van der Waals surface area contributed by atoms with Crippen LogP contribution in [0.4, 0.5) is 0 Å². The van der Waals surface area contributed by atoms with Crippen LogP contribution in [-0.4, -0.2) is 10.2 Å². The van der Waals surface area contributed by atoms with Crippen molar-refractivity contribution in [1.82, 2.24) is 0 Å². The monoisotopic (exact) mass is 242 g/mol. The molecule has 0 heterocycles. The van der Waals surface area contributed by atoms with E-state index >= 15 is 0 Å². The predicted molar refractivity (Wildman–Crippen MR) is 45.3 cm³/mol. The Bertz CT molecular complexity index is 103. The van der Waals surface area contributed by atoms with E-state index in [0.717, 1.165) is 0 Å². The van der Waals surface area contributed by atoms with Crippen LogP contribution in [0.1, 0.15) is 26.7 Å². The Morgan fingerprint density at radius 2 is 1.09 bits per heavy atom. The molecule has 0 aromatic rings. The first kappa shape index (κ1) is 17.5. The molecule has 2 nitrogen and oxygen atoms in total. The van der Waals surface area contributed by atoms with Crippen LogP contribution in [0.2, 0.25) is 0 Å². The zero-order valence-corrected chi connectivity index (χ0v) is 11.4. The Balaban J connectivity index is -0.000000107. The molecule has 0 saturated carbocycles. The molecular weight excluding hydrogens is 234 g/mol. The molecule has 60 valence electrons. The van der Waals surface area contributed by atoms with Gasteiger partial charge in [0, 0.05) is 10.2 Å². The molecule has 5 heteroatoms. The summed E-state index contributed by atoms with van der Waals surface area (Å²) in [6.07, 6.45) is 0.963. The van der Waals surface area contributed by atoms with Gasteiger partial charge in [0.25, 0.3) is 0 Å². The first-order valence-corrected chi connectivity index (χ1v) is 3.75. The molecule has 0 radical (unpaired) electrons. The van der Waals surface area contributed by atoms with Gasteiger partial charge in [0.1, 0.15) is 0 Å². The maximum Gasteiger partial charge on any atom is 2.00 e. The first-order chi connectivity index (χ1) is 4.54. The number of hydrogen-bond acceptors (Lipinski definition) is 4. The molecule has 0 aliphatic heterocycles. The predicted octanol–water partition coefficient (Wildman–Crippen LogP) is 0.937. The topological polar surface area (TPSA) is 34.1 Å². The van der Waals surface area contributed by atoms with Gasteiger partial charge in [-0.1, -0.05) is 13.8 Å². The molecule has 0 aliphatic rings. The van der Waals surface area contributed by atoms with Crippen LogP contribution in [0.15, 0.2) is 0 Å². The summed E-state index contributed by atoms with van der Waals surface area (Å²) in [5, 5.41) is -0.324. The average Bonchev–Trinajstić information content (AvgIpc) is 1.89. The van der Waals surface area contributed by atoms with Crippen molar-refractivity contribution in [2.45, 2.75) is 26.7 Å². The largest absolute Gasteiger partial charge is 2.00 e. The zero-order chi connectivity index (χ0) is 8.57. The van der Waals surface area contributed by atoms with Gasteiger partial charge in [-0.05, 0) is 12.8 Å². The molecule has 0 bridgehead atoms. The minimum atomic E-state index is -0.162. The smallest absolute Gasteiger partial charge is 0.742 e. The van der Waals surface area contributed by atoms with Gasteiger partial charge in [-0.15, -0.1) is 0 Å². The summed E-state index contributed by atoms with van der Waals surface area (Å²) in [6.45, 7) is 3.49. The molecule has 0 aromatic carbocycles. The third kappa shape index (κ3) is 37.9. The summed E-state index contributed by atoms with van der Waals surface area (Å²) in [7, 11) is 0. The minimum Gasteiger partial charge on any atom is -0.742 e. The molecule has 0 atom stereocenters. The number of rotatable bonds is 2. The van der Waals surface area contributed by atoms with Crippen molar-refractivity contribution in [3.63, 3.8) is 0 Å². The van der Waals surface area contributed by atoms with E-state index in [-0.39, 0.29) is 29.7 Å². The molecule has 0 aromatic heterocycles. The molecular formula is C6H10O2S2Zn. The van der Waals surface area contributed by atoms with Crippen LogP contribution in [0.3, 0.4) is 0 Å². The van der Waals surface area contributed by atoms with Gasteiger partial charge < -0.3 is 34.8 Å². The van der Waals surface area contributed by atoms with Gasteiger partial charge in [0.15, 0.2) is 0 Å². The molecule has 0 spiro atoms. The fourth-order valence-electron chi connectivity index (χ4n) is 0. The van der Waals surface area contributed by atoms with E-state index in [1.54, 1.807) is 13.8 Å². The second kappa shape index (κ2) is 13.0. The summed E-state index contributed by atoms with van der Waals surface area (Å²) >= 11 is 8.28. The van der Waals surface area contributed by atoms with Crippen molar-refractivity contribution in [2.24, 2.45) is 0 Å². The molecule has 0 fully saturated rings. The van der Waals surface area contributed by atoms with Crippen molar-refractivity contribution in [3.05, 3.63) is 0 Å². The van der Waals surface area contributed by atoms with E-state index in [0.29, 0.717) is 12.8 Å². The van der Waals surface area contributed by atoms with Gasteiger partial charge in [0.2, 0.25) is 0 Å². The SMILES string of the molecule is CCC(=O)[S-].CCC(=O)[S-].[Zn+2]. The van der Waals surface area contributed by atoms with Crippen LogP contribution < -0.4 is 0 Å². The standard InChI is InChI=1S/2C3H6OS.Zn/c2*1-2-3(4)5;/h2*2H2,1H3,(H,4,5);/q;;+2/p-2. The summed E-state index contributed by atoms with van der Waals surface area (Å²) in [4.78, 5) is 19.3. The van der Waals surface area contributed by atoms with Gasteiger partial charge in [-0.25, -0.2) is 0 Å². The van der Waals surface area contributed by atoms with Gasteiger partial charge in [0.05, 0.1) is 0 Å². The fourth-order valence-corrected chi connectivity index (χ4v) is 0. The first-order valence-electron chi connectivity index (χ1n) is 2.94. The third-order valence-electron chi connectivity index (χ3n) is 0.577. The Hall–Kier alpha value is 0.403. The molecule has 0 rings (SSSR count). The van der Waals surface area contributed by atoms with Crippen LogP contribution in [0.25, 0.3) is 0 Å². The maximum absolute atomic E-state index is 9.63. The molecule has 11 heavy (non-hydrogen) atoms. The summed E-state index contributed by atoms with van der Waals surface area (Å²) < 4.78 is 0. The normalized spacial score (nSPS) is 6.73. The number of carbonyl (C=O) groups is 2. The van der Waals surface area contributed by atoms with E-state index in [9.17, 15) is 9.59 Å². The van der Waals surface area contributed by atoms with Crippen molar-refractivity contribution in [2.75, 3.05) is 0 Å². The molecule has 0 unspecified atom stereocenters. The summed E-state index contributed by atoms with van der Waals surface area (Å²) in [6, 6.07) is 0. The number of carbonyl (C=O) groups excluding carboxylic acids is 2. The van der Waals surface area contributed by atoms with E-state index in [2.05, 4.69) is 25.3 Å². The summed E-state index contributed by atoms with van der Waals surface area (Å²) in [5.41, 5.74) is 0. The second-order valence-electron chi connectivity index (χ2n) is 1.45. The maximum atomic E-state index is 9.63. The zero-order valence-electron chi connectivity index (χ0n) is 6.75. The Labute approximate surface area is 91.1 Å². The van der Waals surface area contributed by atoms with Gasteiger partial charge in [-0.2, -0.15) is 0 Å². The van der Waals surface area contributed by atoms with Crippen LogP contribution in [-0.2, 0) is 54.3 Å². The van der Waals surface area contributed by atoms with E-state index in [4.69, 9.17) is 0 Å². The average molecular weight is 244 g/mol. The van der Waals surface area contributed by atoms with Gasteiger partial charge >= 0.3 is 19.5 Å². The third-order valence-corrected chi connectivity index (χ3v) is 1.15. The van der Waals surface area contributed by atoms with Crippen molar-refractivity contribution < 1.29 is 29.1 Å². The Morgan fingerprint density at radius 3 is 1.09 bits per heavy atom. The van der Waals surface area contributed by atoms with Crippen molar-refractivity contribution >= 4 is 35.5 Å². The second-order valence-corrected chi connectivity index (χ2v) is 2.36. The fraction of sp³-hybridized carbons (Fsp3) is 0.667. The van der Waals surface area contributed by atoms with E-state index in [1.165, 1.54) is 0 Å². The number of hydrogen-bond donors (Lipinski definition) is 0. The van der Waals surface area contributed by atoms with Gasteiger partial charge in [-0.3, -0.25) is 0 Å². The van der Waals surface area contributed by atoms with Crippen molar-refractivity contribution in [1.29, 1.82) is 0 Å². The molecule has 0 aliphatic carbocycles. The molecule has 0 saturated heterocycles. The quantitative estimate of drug-likeness (QED) is 0.534. The van der Waals surface area contributed by atoms with E-state index in [1.807, 2.05) is 0 Å². The Morgan fingerprint density at radius 1 is 1.00 bits per heavy atom.